The third-order valence-electron chi connectivity index (χ3n) is 3.41. The zero-order valence-corrected chi connectivity index (χ0v) is 10.4. The molecule has 0 spiro atoms. The van der Waals surface area contributed by atoms with Gasteiger partial charge in [-0.05, 0) is 62.4 Å². The minimum Gasteiger partial charge on any atom is -0.377 e. The van der Waals surface area contributed by atoms with Crippen LogP contribution >= 0.6 is 0 Å². The van der Waals surface area contributed by atoms with Crippen LogP contribution in [0.3, 0.4) is 0 Å². The summed E-state index contributed by atoms with van der Waals surface area (Å²) in [4.78, 5) is 2.21. The summed E-state index contributed by atoms with van der Waals surface area (Å²) in [5, 5.41) is 0. The molecule has 0 bridgehead atoms. The first kappa shape index (κ1) is 11.1. The van der Waals surface area contributed by atoms with Gasteiger partial charge in [0, 0.05) is 19.8 Å². The minimum absolute atomic E-state index is 1.38. The van der Waals surface area contributed by atoms with E-state index < -0.39 is 0 Å². The van der Waals surface area contributed by atoms with Crippen molar-refractivity contribution in [1.82, 2.24) is 0 Å². The molecule has 78 valence electrons. The number of rotatable bonds is 1. The summed E-state index contributed by atoms with van der Waals surface area (Å²) in [5.74, 6) is 0. The van der Waals surface area contributed by atoms with Gasteiger partial charge in [-0.25, -0.2) is 0 Å². The van der Waals surface area contributed by atoms with Crippen molar-refractivity contribution in [3.05, 3.63) is 27.8 Å². The van der Waals surface area contributed by atoms with E-state index >= 15 is 0 Å². The van der Waals surface area contributed by atoms with Gasteiger partial charge in [-0.1, -0.05) is 0 Å². The first-order chi connectivity index (χ1) is 6.37. The van der Waals surface area contributed by atoms with Gasteiger partial charge in [-0.2, -0.15) is 0 Å². The Bertz CT molecular complexity index is 333. The maximum Gasteiger partial charge on any atom is 0.0425 e. The Hall–Kier alpha value is -0.980. The fourth-order valence-corrected chi connectivity index (χ4v) is 2.15. The molecule has 0 fully saturated rings. The maximum atomic E-state index is 2.21. The summed E-state index contributed by atoms with van der Waals surface area (Å²) in [6, 6.07) is 0. The van der Waals surface area contributed by atoms with E-state index in [0.29, 0.717) is 0 Å². The number of hydrogen-bond donors (Lipinski definition) is 0. The van der Waals surface area contributed by atoms with Crippen molar-refractivity contribution < 1.29 is 0 Å². The third kappa shape index (κ3) is 1.52. The molecule has 0 atom stereocenters. The van der Waals surface area contributed by atoms with Crippen molar-refractivity contribution >= 4 is 5.69 Å². The third-order valence-corrected chi connectivity index (χ3v) is 3.41. The van der Waals surface area contributed by atoms with Crippen LogP contribution in [-0.2, 0) is 0 Å². The van der Waals surface area contributed by atoms with E-state index in [0.717, 1.165) is 0 Å². The fraction of sp³-hybridized carbons (Fsp3) is 0.538. The predicted molar refractivity (Wildman–Crippen MR) is 64.5 cm³/mol. The van der Waals surface area contributed by atoms with Gasteiger partial charge in [0.25, 0.3) is 0 Å². The second-order valence-corrected chi connectivity index (χ2v) is 4.37. The smallest absolute Gasteiger partial charge is 0.0425 e. The molecule has 0 saturated carbocycles. The highest BCUT2D eigenvalue weighted by Gasteiger charge is 2.12. The SMILES string of the molecule is Cc1c(C)c(C)c(N(C)C)c(C)c1C. The molecule has 0 aliphatic carbocycles. The van der Waals surface area contributed by atoms with Crippen LogP contribution in [-0.4, -0.2) is 14.1 Å². The monoisotopic (exact) mass is 191 g/mol. The molecule has 0 aromatic heterocycles. The molecule has 0 unspecified atom stereocenters. The number of anilines is 1. The van der Waals surface area contributed by atoms with Crippen molar-refractivity contribution in [2.24, 2.45) is 0 Å². The lowest BCUT2D eigenvalue weighted by atomic mass is 9.92. The molecule has 1 aromatic carbocycles. The quantitative estimate of drug-likeness (QED) is 0.658. The largest absolute Gasteiger partial charge is 0.377 e. The van der Waals surface area contributed by atoms with E-state index in [4.69, 9.17) is 0 Å². The van der Waals surface area contributed by atoms with Crippen LogP contribution in [0.4, 0.5) is 5.69 Å². The van der Waals surface area contributed by atoms with E-state index in [1.165, 1.54) is 33.5 Å². The molecule has 0 heterocycles. The van der Waals surface area contributed by atoms with E-state index in [-0.39, 0.29) is 0 Å². The Balaban J connectivity index is 3.60. The minimum atomic E-state index is 1.38. The fourth-order valence-electron chi connectivity index (χ4n) is 2.15. The van der Waals surface area contributed by atoms with Crippen LogP contribution in [0.2, 0.25) is 0 Å². The Morgan fingerprint density at radius 2 is 0.857 bits per heavy atom. The molecule has 0 N–H and O–H groups in total. The second-order valence-electron chi connectivity index (χ2n) is 4.37. The Labute approximate surface area is 87.7 Å². The van der Waals surface area contributed by atoms with Gasteiger partial charge in [0.1, 0.15) is 0 Å². The maximum absolute atomic E-state index is 2.21. The van der Waals surface area contributed by atoms with Crippen molar-refractivity contribution in [2.45, 2.75) is 34.6 Å². The lowest BCUT2D eigenvalue weighted by molar-refractivity contribution is 1.06. The van der Waals surface area contributed by atoms with Crippen molar-refractivity contribution in [3.8, 4) is 0 Å². The van der Waals surface area contributed by atoms with E-state index in [9.17, 15) is 0 Å². The first-order valence-electron chi connectivity index (χ1n) is 5.12. The first-order valence-corrected chi connectivity index (χ1v) is 5.12. The average molecular weight is 191 g/mol. The number of nitrogens with zero attached hydrogens (tertiary/aromatic N) is 1. The summed E-state index contributed by atoms with van der Waals surface area (Å²) in [6.45, 7) is 11.1. The Morgan fingerprint density at radius 3 is 1.14 bits per heavy atom. The van der Waals surface area contributed by atoms with E-state index in [2.05, 4.69) is 53.6 Å². The average Bonchev–Trinajstić information content (AvgIpc) is 2.11. The number of hydrogen-bond acceptors (Lipinski definition) is 1. The van der Waals surface area contributed by atoms with Crippen LogP contribution < -0.4 is 4.90 Å². The molecule has 0 aliphatic heterocycles. The summed E-state index contributed by atoms with van der Waals surface area (Å²) in [5.41, 5.74) is 8.50. The van der Waals surface area contributed by atoms with Crippen LogP contribution in [0.5, 0.6) is 0 Å². The van der Waals surface area contributed by atoms with Crippen molar-refractivity contribution in [1.29, 1.82) is 0 Å². The van der Waals surface area contributed by atoms with Gasteiger partial charge in [-0.15, -0.1) is 0 Å². The van der Waals surface area contributed by atoms with Crippen LogP contribution in [0.15, 0.2) is 0 Å². The normalized spacial score (nSPS) is 10.5. The summed E-state index contributed by atoms with van der Waals surface area (Å²) < 4.78 is 0. The second kappa shape index (κ2) is 3.64. The van der Waals surface area contributed by atoms with Gasteiger partial charge < -0.3 is 4.90 Å². The predicted octanol–water partition coefficient (Wildman–Crippen LogP) is 3.29. The van der Waals surface area contributed by atoms with Gasteiger partial charge in [-0.3, -0.25) is 0 Å². The standard InChI is InChI=1S/C13H21N/c1-8-9(2)11(4)13(14(6)7)12(5)10(8)3/h1-7H3. The summed E-state index contributed by atoms with van der Waals surface area (Å²) in [7, 11) is 4.23. The molecule has 0 saturated heterocycles. The highest BCUT2D eigenvalue weighted by molar-refractivity contribution is 5.65. The molecule has 1 heteroatoms. The molecular weight excluding hydrogens is 170 g/mol. The molecule has 0 radical (unpaired) electrons. The number of benzene rings is 1. The molecule has 1 nitrogen and oxygen atoms in total. The molecular formula is C13H21N. The Kier molecular flexibility index (Phi) is 2.89. The summed E-state index contributed by atoms with van der Waals surface area (Å²) in [6.07, 6.45) is 0. The van der Waals surface area contributed by atoms with Gasteiger partial charge in [0.15, 0.2) is 0 Å². The van der Waals surface area contributed by atoms with Gasteiger partial charge in [0.2, 0.25) is 0 Å². The molecule has 0 amide bonds. The lowest BCUT2D eigenvalue weighted by Crippen LogP contribution is -2.14. The van der Waals surface area contributed by atoms with Crippen LogP contribution in [0, 0.1) is 34.6 Å². The highest BCUT2D eigenvalue weighted by atomic mass is 15.1. The van der Waals surface area contributed by atoms with Crippen LogP contribution in [0.1, 0.15) is 27.8 Å². The topological polar surface area (TPSA) is 3.24 Å². The zero-order chi connectivity index (χ0) is 11.0. The van der Waals surface area contributed by atoms with Crippen LogP contribution in [0.25, 0.3) is 0 Å². The van der Waals surface area contributed by atoms with Crippen molar-refractivity contribution in [2.75, 3.05) is 19.0 Å². The van der Waals surface area contributed by atoms with Crippen molar-refractivity contribution in [3.63, 3.8) is 0 Å². The van der Waals surface area contributed by atoms with Gasteiger partial charge >= 0.3 is 0 Å². The molecule has 1 aromatic rings. The highest BCUT2D eigenvalue weighted by Crippen LogP contribution is 2.31. The molecule has 1 rings (SSSR count). The van der Waals surface area contributed by atoms with E-state index in [1.54, 1.807) is 0 Å². The molecule has 14 heavy (non-hydrogen) atoms. The van der Waals surface area contributed by atoms with E-state index in [1.807, 2.05) is 0 Å². The zero-order valence-electron chi connectivity index (χ0n) is 10.4. The summed E-state index contributed by atoms with van der Waals surface area (Å²) >= 11 is 0. The lowest BCUT2D eigenvalue weighted by Gasteiger charge is -2.24. The Morgan fingerprint density at radius 1 is 0.571 bits per heavy atom. The molecule has 0 aliphatic rings. The van der Waals surface area contributed by atoms with Gasteiger partial charge in [0.05, 0.1) is 0 Å².